The Labute approximate surface area is 173 Å². The highest BCUT2D eigenvalue weighted by Gasteiger charge is 2.30. The monoisotopic (exact) mass is 399 g/mol. The minimum atomic E-state index is 0.0832. The van der Waals surface area contributed by atoms with Crippen LogP contribution in [0.15, 0.2) is 24.3 Å². The summed E-state index contributed by atoms with van der Waals surface area (Å²) in [6, 6.07) is 9.11. The van der Waals surface area contributed by atoms with Gasteiger partial charge in [0.15, 0.2) is 0 Å². The number of nitrogens with zero attached hydrogens (tertiary/aromatic N) is 3. The summed E-state index contributed by atoms with van der Waals surface area (Å²) in [6.45, 7) is 10.8. The molecule has 158 valence electrons. The molecule has 4 rings (SSSR count). The lowest BCUT2D eigenvalue weighted by Gasteiger charge is -2.34. The van der Waals surface area contributed by atoms with Crippen molar-refractivity contribution < 1.29 is 14.3 Å². The number of likely N-dealkylation sites (tertiary alicyclic amines) is 1. The third-order valence-electron chi connectivity index (χ3n) is 6.32. The van der Waals surface area contributed by atoms with Crippen molar-refractivity contribution in [1.29, 1.82) is 0 Å². The number of rotatable bonds is 6. The van der Waals surface area contributed by atoms with Gasteiger partial charge in [-0.1, -0.05) is 0 Å². The van der Waals surface area contributed by atoms with Gasteiger partial charge in [0.1, 0.15) is 17.5 Å². The highest BCUT2D eigenvalue weighted by molar-refractivity contribution is 6.00. The molecule has 0 aliphatic carbocycles. The number of benzene rings is 1. The first-order valence-corrected chi connectivity index (χ1v) is 10.8. The minimum absolute atomic E-state index is 0.0832. The van der Waals surface area contributed by atoms with Gasteiger partial charge in [-0.3, -0.25) is 4.79 Å². The van der Waals surface area contributed by atoms with Gasteiger partial charge in [0.25, 0.3) is 5.91 Å². The van der Waals surface area contributed by atoms with Crippen molar-refractivity contribution in [3.63, 3.8) is 0 Å². The third-order valence-corrected chi connectivity index (χ3v) is 6.32. The van der Waals surface area contributed by atoms with Gasteiger partial charge >= 0.3 is 0 Å². The van der Waals surface area contributed by atoms with Crippen LogP contribution in [0.4, 0.5) is 0 Å². The Hall–Kier alpha value is -2.05. The van der Waals surface area contributed by atoms with Crippen molar-refractivity contribution in [2.75, 3.05) is 39.9 Å². The largest absolute Gasteiger partial charge is 0.490 e. The fraction of sp³-hybridized carbons (Fsp3) is 0.609. The van der Waals surface area contributed by atoms with E-state index < -0.39 is 0 Å². The maximum absolute atomic E-state index is 12.9. The van der Waals surface area contributed by atoms with Gasteiger partial charge in [0.05, 0.1) is 6.61 Å². The summed E-state index contributed by atoms with van der Waals surface area (Å²) in [5.41, 5.74) is 1.87. The summed E-state index contributed by atoms with van der Waals surface area (Å²) in [4.78, 5) is 17.3. The second-order valence-corrected chi connectivity index (χ2v) is 8.66. The summed E-state index contributed by atoms with van der Waals surface area (Å²) < 4.78 is 13.6. The van der Waals surface area contributed by atoms with Gasteiger partial charge in [-0.2, -0.15) is 0 Å². The summed E-state index contributed by atoms with van der Waals surface area (Å²) in [5, 5.41) is 1.07. The van der Waals surface area contributed by atoms with Crippen LogP contribution in [0.1, 0.15) is 50.1 Å². The molecule has 0 spiro atoms. The van der Waals surface area contributed by atoms with Gasteiger partial charge in [0.2, 0.25) is 0 Å². The molecule has 2 aliphatic rings. The lowest BCUT2D eigenvalue weighted by molar-refractivity contribution is 0.0613. The lowest BCUT2D eigenvalue weighted by Crippen LogP contribution is -2.43. The van der Waals surface area contributed by atoms with Crippen LogP contribution in [-0.2, 0) is 4.74 Å². The first kappa shape index (κ1) is 20.2. The fourth-order valence-corrected chi connectivity index (χ4v) is 4.67. The Bertz CT molecular complexity index is 868. The summed E-state index contributed by atoms with van der Waals surface area (Å²) in [5.74, 6) is 0.986. The van der Waals surface area contributed by atoms with Crippen LogP contribution in [-0.4, -0.2) is 72.3 Å². The molecule has 1 fully saturated rings. The zero-order valence-electron chi connectivity index (χ0n) is 18.1. The van der Waals surface area contributed by atoms with Crippen molar-refractivity contribution in [2.45, 2.75) is 51.8 Å². The van der Waals surface area contributed by atoms with Crippen molar-refractivity contribution in [2.24, 2.45) is 0 Å². The topological polar surface area (TPSA) is 46.9 Å². The average molecular weight is 400 g/mol. The van der Waals surface area contributed by atoms with E-state index in [1.165, 1.54) is 0 Å². The van der Waals surface area contributed by atoms with Crippen LogP contribution in [0.2, 0.25) is 0 Å². The summed E-state index contributed by atoms with van der Waals surface area (Å²) in [6.07, 6.45) is 2.39. The Balaban J connectivity index is 1.52. The van der Waals surface area contributed by atoms with Crippen LogP contribution >= 0.6 is 0 Å². The minimum Gasteiger partial charge on any atom is -0.490 e. The summed E-state index contributed by atoms with van der Waals surface area (Å²) in [7, 11) is 1.67. The Morgan fingerprint density at radius 3 is 2.62 bits per heavy atom. The Morgan fingerprint density at radius 1 is 1.17 bits per heavy atom. The number of ether oxygens (including phenoxy) is 2. The van der Waals surface area contributed by atoms with E-state index in [0.717, 1.165) is 48.3 Å². The molecule has 2 aromatic rings. The maximum Gasteiger partial charge on any atom is 0.270 e. The van der Waals surface area contributed by atoms with Gasteiger partial charge in [0, 0.05) is 56.3 Å². The van der Waals surface area contributed by atoms with Crippen LogP contribution < -0.4 is 4.74 Å². The van der Waals surface area contributed by atoms with E-state index in [2.05, 4.69) is 48.4 Å². The molecule has 29 heavy (non-hydrogen) atoms. The molecular formula is C23H33N3O3. The second-order valence-electron chi connectivity index (χ2n) is 8.66. The highest BCUT2D eigenvalue weighted by Crippen LogP contribution is 2.32. The van der Waals surface area contributed by atoms with Crippen molar-refractivity contribution >= 4 is 16.8 Å². The zero-order chi connectivity index (χ0) is 20.5. The molecule has 0 bridgehead atoms. The zero-order valence-corrected chi connectivity index (χ0v) is 18.1. The standard InChI is InChI=1S/C23H33N3O3/c1-16(2)24-9-7-19(8-10-24)29-20-5-6-21-18(13-20)14-22-23(27)25(11-12-28-4)15-17(3)26(21)22/h5-6,13-14,16-17,19H,7-12,15H2,1-4H3/t17-/m0/s1. The number of amides is 1. The molecule has 1 aromatic heterocycles. The van der Waals surface area contributed by atoms with Crippen LogP contribution in [0.25, 0.3) is 10.9 Å². The fourth-order valence-electron chi connectivity index (χ4n) is 4.67. The molecule has 6 heteroatoms. The molecule has 1 amide bonds. The first-order valence-electron chi connectivity index (χ1n) is 10.8. The molecule has 1 atom stereocenters. The number of piperidine rings is 1. The van der Waals surface area contributed by atoms with E-state index in [4.69, 9.17) is 9.47 Å². The number of hydrogen-bond donors (Lipinski definition) is 0. The molecule has 0 saturated carbocycles. The highest BCUT2D eigenvalue weighted by atomic mass is 16.5. The first-order chi connectivity index (χ1) is 14.0. The average Bonchev–Trinajstić information content (AvgIpc) is 3.09. The SMILES string of the molecule is COCCN1C[C@H](C)n2c(cc3cc(OC4CCN(C(C)C)CC4)ccc32)C1=O. The number of fused-ring (bicyclic) bond motifs is 3. The molecule has 0 radical (unpaired) electrons. The smallest absolute Gasteiger partial charge is 0.270 e. The van der Waals surface area contributed by atoms with Gasteiger partial charge in [-0.25, -0.2) is 0 Å². The number of hydrogen-bond acceptors (Lipinski definition) is 4. The van der Waals surface area contributed by atoms with Gasteiger partial charge in [-0.15, -0.1) is 0 Å². The number of carbonyl (C=O) groups excluding carboxylic acids is 1. The second kappa shape index (κ2) is 8.36. The van der Waals surface area contributed by atoms with E-state index in [1.807, 2.05) is 11.0 Å². The van der Waals surface area contributed by atoms with Crippen LogP contribution in [0, 0.1) is 0 Å². The van der Waals surface area contributed by atoms with Gasteiger partial charge < -0.3 is 23.8 Å². The molecule has 2 aliphatic heterocycles. The van der Waals surface area contributed by atoms with Crippen molar-refractivity contribution in [1.82, 2.24) is 14.4 Å². The Morgan fingerprint density at radius 2 is 1.93 bits per heavy atom. The maximum atomic E-state index is 12.9. The van der Waals surface area contributed by atoms with Crippen molar-refractivity contribution in [3.05, 3.63) is 30.0 Å². The molecular weight excluding hydrogens is 366 g/mol. The molecule has 0 unspecified atom stereocenters. The van der Waals surface area contributed by atoms with Gasteiger partial charge in [-0.05, 0) is 57.9 Å². The summed E-state index contributed by atoms with van der Waals surface area (Å²) >= 11 is 0. The van der Waals surface area contributed by atoms with E-state index >= 15 is 0 Å². The van der Waals surface area contributed by atoms with E-state index in [0.29, 0.717) is 25.7 Å². The predicted molar refractivity (Wildman–Crippen MR) is 115 cm³/mol. The van der Waals surface area contributed by atoms with Crippen molar-refractivity contribution in [3.8, 4) is 5.75 Å². The Kier molecular flexibility index (Phi) is 5.83. The van der Waals surface area contributed by atoms with E-state index in [9.17, 15) is 4.79 Å². The number of methoxy groups -OCH3 is 1. The third kappa shape index (κ3) is 4.01. The van der Waals surface area contributed by atoms with E-state index in [-0.39, 0.29) is 18.1 Å². The number of carbonyl (C=O) groups is 1. The van der Waals surface area contributed by atoms with Crippen LogP contribution in [0.3, 0.4) is 0 Å². The van der Waals surface area contributed by atoms with E-state index in [1.54, 1.807) is 7.11 Å². The predicted octanol–water partition coefficient (Wildman–Crippen LogP) is 3.56. The molecule has 1 saturated heterocycles. The lowest BCUT2D eigenvalue weighted by atomic mass is 10.1. The molecule has 0 N–H and O–H groups in total. The quantitative estimate of drug-likeness (QED) is 0.745. The van der Waals surface area contributed by atoms with Crippen LogP contribution in [0.5, 0.6) is 5.75 Å². The molecule has 3 heterocycles. The molecule has 6 nitrogen and oxygen atoms in total. The number of aromatic nitrogens is 1. The normalized spacial score (nSPS) is 21.2. The molecule has 1 aromatic carbocycles.